The first-order valence-electron chi connectivity index (χ1n) is 11.8. The number of carbonyl (C=O) groups excluding carboxylic acids is 2. The van der Waals surface area contributed by atoms with E-state index >= 15 is 0 Å². The standard InChI is InChI=1S/C28H25ClN4O3S/c1-17-6-8-18(9-7-17)23-15-24(19-10-12-20(29)13-11-19)33(32-23)28-31-27(35)25(37-28)16-26(34)30-21-4-3-5-22(14-21)36-2/h3-14,24-25H,15-16H2,1-2H3,(H,30,34). The molecule has 3 aromatic carbocycles. The number of nitrogens with zero attached hydrogens (tertiary/aromatic N) is 3. The van der Waals surface area contributed by atoms with Crippen LogP contribution in [0.5, 0.6) is 5.75 Å². The number of aliphatic imine (C=N–C) groups is 1. The van der Waals surface area contributed by atoms with E-state index in [1.54, 1.807) is 36.4 Å². The second kappa shape index (κ2) is 10.8. The molecular formula is C28H25ClN4O3S. The van der Waals surface area contributed by atoms with Gasteiger partial charge in [0.25, 0.3) is 5.91 Å². The summed E-state index contributed by atoms with van der Waals surface area (Å²) in [4.78, 5) is 29.8. The highest BCUT2D eigenvalue weighted by molar-refractivity contribution is 8.15. The van der Waals surface area contributed by atoms with Gasteiger partial charge in [-0.25, -0.2) is 5.01 Å². The van der Waals surface area contributed by atoms with Crippen LogP contribution in [0.15, 0.2) is 82.9 Å². The first kappa shape index (κ1) is 25.0. The van der Waals surface area contributed by atoms with Crippen LogP contribution in [-0.4, -0.2) is 40.1 Å². The molecule has 7 nitrogen and oxygen atoms in total. The number of thioether (sulfide) groups is 1. The molecule has 0 bridgehead atoms. The summed E-state index contributed by atoms with van der Waals surface area (Å²) in [7, 11) is 1.57. The van der Waals surface area contributed by atoms with E-state index in [0.29, 0.717) is 28.0 Å². The van der Waals surface area contributed by atoms with E-state index in [4.69, 9.17) is 21.4 Å². The highest BCUT2D eigenvalue weighted by Crippen LogP contribution is 2.39. The summed E-state index contributed by atoms with van der Waals surface area (Å²) in [6, 6.07) is 22.8. The molecule has 2 aliphatic heterocycles. The van der Waals surface area contributed by atoms with Gasteiger partial charge in [-0.05, 0) is 42.3 Å². The number of hydrazone groups is 1. The maximum absolute atomic E-state index is 12.8. The predicted octanol–water partition coefficient (Wildman–Crippen LogP) is 5.83. The summed E-state index contributed by atoms with van der Waals surface area (Å²) in [6.45, 7) is 2.04. The lowest BCUT2D eigenvalue weighted by Crippen LogP contribution is -2.25. The summed E-state index contributed by atoms with van der Waals surface area (Å²) in [6.07, 6.45) is 0.654. The van der Waals surface area contributed by atoms with Crippen molar-refractivity contribution >= 4 is 51.7 Å². The first-order chi connectivity index (χ1) is 17.9. The zero-order valence-electron chi connectivity index (χ0n) is 20.3. The number of ether oxygens (including phenoxy) is 1. The Hall–Kier alpha value is -3.62. The molecule has 0 aliphatic carbocycles. The normalized spacial score (nSPS) is 19.0. The molecule has 2 heterocycles. The van der Waals surface area contributed by atoms with Crippen LogP contribution in [0.4, 0.5) is 5.69 Å². The van der Waals surface area contributed by atoms with E-state index in [1.165, 1.54) is 17.3 Å². The molecule has 0 fully saturated rings. The van der Waals surface area contributed by atoms with Gasteiger partial charge < -0.3 is 10.1 Å². The number of nitrogens with one attached hydrogen (secondary N) is 1. The van der Waals surface area contributed by atoms with Gasteiger partial charge in [-0.1, -0.05) is 71.4 Å². The Morgan fingerprint density at radius 2 is 1.89 bits per heavy atom. The fraction of sp³-hybridized carbons (Fsp3) is 0.214. The van der Waals surface area contributed by atoms with Crippen LogP contribution in [0.3, 0.4) is 0 Å². The summed E-state index contributed by atoms with van der Waals surface area (Å²) in [5.74, 6) is 0.0314. The smallest absolute Gasteiger partial charge is 0.262 e. The van der Waals surface area contributed by atoms with Crippen molar-refractivity contribution in [2.45, 2.75) is 31.1 Å². The third-order valence-corrected chi connectivity index (χ3v) is 7.59. The van der Waals surface area contributed by atoms with Gasteiger partial charge in [-0.3, -0.25) is 9.59 Å². The fourth-order valence-electron chi connectivity index (χ4n) is 4.24. The molecule has 37 heavy (non-hydrogen) atoms. The lowest BCUT2D eigenvalue weighted by Gasteiger charge is -2.23. The maximum atomic E-state index is 12.8. The minimum atomic E-state index is -0.620. The van der Waals surface area contributed by atoms with Crippen LogP contribution in [0, 0.1) is 6.92 Å². The highest BCUT2D eigenvalue weighted by Gasteiger charge is 2.39. The van der Waals surface area contributed by atoms with Crippen molar-refractivity contribution in [3.63, 3.8) is 0 Å². The molecule has 2 atom stereocenters. The van der Waals surface area contributed by atoms with Gasteiger partial charge in [0.1, 0.15) is 11.0 Å². The Balaban J connectivity index is 1.34. The second-order valence-electron chi connectivity index (χ2n) is 8.85. The average molecular weight is 533 g/mol. The van der Waals surface area contributed by atoms with Crippen LogP contribution in [0.25, 0.3) is 0 Å². The van der Waals surface area contributed by atoms with Crippen LogP contribution in [0.2, 0.25) is 5.02 Å². The van der Waals surface area contributed by atoms with E-state index in [1.807, 2.05) is 31.2 Å². The van der Waals surface area contributed by atoms with Gasteiger partial charge in [0.15, 0.2) is 5.17 Å². The number of hydrogen-bond acceptors (Lipinski definition) is 6. The van der Waals surface area contributed by atoms with Gasteiger partial charge in [0.05, 0.1) is 18.9 Å². The predicted molar refractivity (Wildman–Crippen MR) is 148 cm³/mol. The molecule has 2 aliphatic rings. The molecule has 0 aromatic heterocycles. The van der Waals surface area contributed by atoms with Gasteiger partial charge in [-0.15, -0.1) is 0 Å². The Morgan fingerprint density at radius 1 is 1.14 bits per heavy atom. The van der Waals surface area contributed by atoms with Crippen LogP contribution in [0.1, 0.15) is 35.6 Å². The van der Waals surface area contributed by atoms with Gasteiger partial charge in [-0.2, -0.15) is 10.1 Å². The number of benzene rings is 3. The van der Waals surface area contributed by atoms with Crippen molar-refractivity contribution in [3.8, 4) is 5.75 Å². The van der Waals surface area contributed by atoms with Crippen molar-refractivity contribution in [1.29, 1.82) is 0 Å². The second-order valence-corrected chi connectivity index (χ2v) is 10.5. The quantitative estimate of drug-likeness (QED) is 0.431. The molecule has 9 heteroatoms. The first-order valence-corrected chi connectivity index (χ1v) is 13.1. The number of hydrogen-bond donors (Lipinski definition) is 1. The topological polar surface area (TPSA) is 83.4 Å². The van der Waals surface area contributed by atoms with E-state index in [9.17, 15) is 9.59 Å². The fourth-order valence-corrected chi connectivity index (χ4v) is 5.42. The molecule has 1 N–H and O–H groups in total. The maximum Gasteiger partial charge on any atom is 0.262 e. The number of halogens is 1. The minimum absolute atomic E-state index is 0.00168. The number of amides is 2. The summed E-state index contributed by atoms with van der Waals surface area (Å²) in [5, 5.41) is 10.0. The van der Waals surface area contributed by atoms with E-state index < -0.39 is 5.25 Å². The van der Waals surface area contributed by atoms with Crippen LogP contribution in [-0.2, 0) is 9.59 Å². The average Bonchev–Trinajstić information content (AvgIpc) is 3.49. The van der Waals surface area contributed by atoms with Crippen LogP contribution < -0.4 is 10.1 Å². The molecule has 0 spiro atoms. The molecule has 3 aromatic rings. The van der Waals surface area contributed by atoms with Crippen molar-refractivity contribution < 1.29 is 14.3 Å². The Morgan fingerprint density at radius 3 is 2.62 bits per heavy atom. The molecule has 188 valence electrons. The van der Waals surface area contributed by atoms with E-state index in [0.717, 1.165) is 16.8 Å². The molecule has 2 amide bonds. The van der Waals surface area contributed by atoms with E-state index in [-0.39, 0.29) is 24.3 Å². The summed E-state index contributed by atoms with van der Waals surface area (Å²) in [5.41, 5.74) is 4.73. The van der Waals surface area contributed by atoms with Gasteiger partial charge >= 0.3 is 0 Å². The molecule has 0 saturated heterocycles. The zero-order valence-corrected chi connectivity index (χ0v) is 21.9. The number of anilines is 1. The molecule has 5 rings (SSSR count). The largest absolute Gasteiger partial charge is 0.497 e. The lowest BCUT2D eigenvalue weighted by atomic mass is 9.98. The van der Waals surface area contributed by atoms with Crippen molar-refractivity contribution in [2.24, 2.45) is 10.1 Å². The SMILES string of the molecule is COc1cccc(NC(=O)CC2SC(N3N=C(c4ccc(C)cc4)CC3c3ccc(Cl)cc3)=NC2=O)c1. The number of rotatable bonds is 6. The third kappa shape index (κ3) is 5.70. The summed E-state index contributed by atoms with van der Waals surface area (Å²) < 4.78 is 5.20. The van der Waals surface area contributed by atoms with Crippen molar-refractivity contribution in [3.05, 3.63) is 94.5 Å². The molecule has 0 saturated carbocycles. The van der Waals surface area contributed by atoms with Crippen molar-refractivity contribution in [2.75, 3.05) is 12.4 Å². The van der Waals surface area contributed by atoms with Gasteiger partial charge in [0, 0.05) is 29.6 Å². The zero-order chi connectivity index (χ0) is 25.9. The molecule has 0 radical (unpaired) electrons. The van der Waals surface area contributed by atoms with Crippen molar-refractivity contribution in [1.82, 2.24) is 5.01 Å². The summed E-state index contributed by atoms with van der Waals surface area (Å²) >= 11 is 7.39. The molecular weight excluding hydrogens is 508 g/mol. The number of aryl methyl sites for hydroxylation is 1. The number of amidine groups is 1. The monoisotopic (exact) mass is 532 g/mol. The van der Waals surface area contributed by atoms with Gasteiger partial charge in [0.2, 0.25) is 5.91 Å². The Labute approximate surface area is 224 Å². The minimum Gasteiger partial charge on any atom is -0.497 e. The lowest BCUT2D eigenvalue weighted by molar-refractivity contribution is -0.121. The molecule has 2 unspecified atom stereocenters. The Bertz CT molecular complexity index is 1390. The number of carbonyl (C=O) groups is 2. The Kier molecular flexibility index (Phi) is 7.30. The number of methoxy groups -OCH3 is 1. The third-order valence-electron chi connectivity index (χ3n) is 6.20. The van der Waals surface area contributed by atoms with Crippen LogP contribution >= 0.6 is 23.4 Å². The highest BCUT2D eigenvalue weighted by atomic mass is 35.5. The van der Waals surface area contributed by atoms with E-state index in [2.05, 4.69) is 34.6 Å².